The molecule has 4 aromatic rings. The van der Waals surface area contributed by atoms with Crippen LogP contribution in [0.4, 0.5) is 17.2 Å². The molecule has 9 heteroatoms. The van der Waals surface area contributed by atoms with Crippen molar-refractivity contribution in [3.8, 4) is 0 Å². The smallest absolute Gasteiger partial charge is 0.350 e. The number of piperazine rings is 1. The zero-order valence-electron chi connectivity index (χ0n) is 20.2. The molecule has 180 valence electrons. The topological polar surface area (TPSA) is 87.8 Å². The van der Waals surface area contributed by atoms with E-state index in [0.29, 0.717) is 11.5 Å². The van der Waals surface area contributed by atoms with E-state index in [4.69, 9.17) is 0 Å². The monoisotopic (exact) mass is 471 g/mol. The van der Waals surface area contributed by atoms with Crippen LogP contribution in [0.15, 0.2) is 59.7 Å². The van der Waals surface area contributed by atoms with E-state index in [1.165, 1.54) is 20.3 Å². The molecule has 35 heavy (non-hydrogen) atoms. The number of carbonyl (C=O) groups is 1. The fraction of sp³-hybridized carbons (Fsp3) is 0.308. The number of rotatable bonds is 5. The van der Waals surface area contributed by atoms with Crippen LogP contribution < -0.4 is 20.8 Å². The molecule has 0 aliphatic carbocycles. The van der Waals surface area contributed by atoms with Crippen LogP contribution in [0.1, 0.15) is 16.7 Å². The van der Waals surface area contributed by atoms with Crippen molar-refractivity contribution < 1.29 is 4.79 Å². The molecule has 0 spiro atoms. The van der Waals surface area contributed by atoms with Gasteiger partial charge in [-0.3, -0.25) is 4.79 Å². The lowest BCUT2D eigenvalue weighted by Gasteiger charge is -2.36. The Balaban J connectivity index is 1.34. The second-order valence-corrected chi connectivity index (χ2v) is 9.01. The number of para-hydroxylation sites is 1. The molecule has 1 fully saturated rings. The molecular formula is C26H29N7O2. The number of carbonyl (C=O) groups excluding carboxylic acids is 1. The predicted octanol–water partition coefficient (Wildman–Crippen LogP) is 2.78. The number of aromatic nitrogens is 4. The molecule has 5 rings (SSSR count). The van der Waals surface area contributed by atoms with Crippen LogP contribution in [-0.2, 0) is 11.3 Å². The van der Waals surface area contributed by atoms with E-state index < -0.39 is 0 Å². The zero-order valence-corrected chi connectivity index (χ0v) is 20.2. The average Bonchev–Trinajstić information content (AvgIpc) is 3.17. The van der Waals surface area contributed by atoms with Crippen LogP contribution in [0.5, 0.6) is 0 Å². The molecule has 0 atom stereocenters. The normalized spacial score (nSPS) is 13.9. The highest BCUT2D eigenvalue weighted by molar-refractivity contribution is 5.92. The molecular weight excluding hydrogens is 442 g/mol. The van der Waals surface area contributed by atoms with Crippen LogP contribution >= 0.6 is 0 Å². The Kier molecular flexibility index (Phi) is 5.98. The first-order chi connectivity index (χ1) is 16.9. The van der Waals surface area contributed by atoms with Crippen molar-refractivity contribution in [1.82, 2.24) is 19.2 Å². The summed E-state index contributed by atoms with van der Waals surface area (Å²) in [4.78, 5) is 34.7. The van der Waals surface area contributed by atoms with Gasteiger partial charge in [0.2, 0.25) is 11.6 Å². The third-order valence-corrected chi connectivity index (χ3v) is 6.50. The number of hydrogen-bond acceptors (Lipinski definition) is 6. The number of nitrogens with zero attached hydrogens (tertiary/aromatic N) is 6. The SMILES string of the molecule is Cc1ccc(N2CCN(c3nccn4c(=O)n(CC(=O)Nc5c(C)cccc5C)nc34)CC2)cc1. The Labute approximate surface area is 203 Å². The second kappa shape index (κ2) is 9.25. The third kappa shape index (κ3) is 4.49. The van der Waals surface area contributed by atoms with Crippen LogP contribution in [0, 0.1) is 20.8 Å². The quantitative estimate of drug-likeness (QED) is 0.482. The number of nitrogens with one attached hydrogen (secondary N) is 1. The van der Waals surface area contributed by atoms with E-state index in [1.54, 1.807) is 12.4 Å². The molecule has 1 N–H and O–H groups in total. The fourth-order valence-electron chi connectivity index (χ4n) is 4.52. The summed E-state index contributed by atoms with van der Waals surface area (Å²) in [7, 11) is 0. The molecule has 0 saturated carbocycles. The first kappa shape index (κ1) is 22.6. The lowest BCUT2D eigenvalue weighted by Crippen LogP contribution is -2.47. The molecule has 1 aliphatic rings. The van der Waals surface area contributed by atoms with Gasteiger partial charge < -0.3 is 15.1 Å². The summed E-state index contributed by atoms with van der Waals surface area (Å²) in [6.45, 7) is 9.00. The summed E-state index contributed by atoms with van der Waals surface area (Å²) < 4.78 is 2.66. The lowest BCUT2D eigenvalue weighted by molar-refractivity contribution is -0.117. The van der Waals surface area contributed by atoms with Gasteiger partial charge in [-0.1, -0.05) is 35.9 Å². The molecule has 9 nitrogen and oxygen atoms in total. The first-order valence-electron chi connectivity index (χ1n) is 11.8. The van der Waals surface area contributed by atoms with Crippen LogP contribution in [0.2, 0.25) is 0 Å². The van der Waals surface area contributed by atoms with Gasteiger partial charge in [-0.2, -0.15) is 0 Å². The predicted molar refractivity (Wildman–Crippen MR) is 137 cm³/mol. The van der Waals surface area contributed by atoms with Crippen LogP contribution in [0.3, 0.4) is 0 Å². The van der Waals surface area contributed by atoms with E-state index in [2.05, 4.69) is 56.4 Å². The van der Waals surface area contributed by atoms with Gasteiger partial charge in [0.1, 0.15) is 6.54 Å². The number of hydrogen-bond donors (Lipinski definition) is 1. The number of anilines is 3. The second-order valence-electron chi connectivity index (χ2n) is 9.01. The minimum absolute atomic E-state index is 0.172. The maximum absolute atomic E-state index is 13.0. The largest absolute Gasteiger partial charge is 0.368 e. The molecule has 1 saturated heterocycles. The van der Waals surface area contributed by atoms with Crippen molar-refractivity contribution in [2.75, 3.05) is 41.3 Å². The average molecular weight is 472 g/mol. The van der Waals surface area contributed by atoms with Crippen molar-refractivity contribution in [2.45, 2.75) is 27.3 Å². The molecule has 0 radical (unpaired) electrons. The Bertz CT molecular complexity index is 1410. The van der Waals surface area contributed by atoms with E-state index in [9.17, 15) is 9.59 Å². The Hall–Kier alpha value is -4.14. The number of fused-ring (bicyclic) bond motifs is 1. The van der Waals surface area contributed by atoms with Crippen LogP contribution in [0.25, 0.3) is 5.65 Å². The molecule has 1 amide bonds. The zero-order chi connectivity index (χ0) is 24.5. The van der Waals surface area contributed by atoms with E-state index >= 15 is 0 Å². The maximum Gasteiger partial charge on any atom is 0.350 e. The minimum atomic E-state index is -0.362. The maximum atomic E-state index is 13.0. The molecule has 3 heterocycles. The summed E-state index contributed by atoms with van der Waals surface area (Å²) >= 11 is 0. The molecule has 1 aliphatic heterocycles. The number of benzene rings is 2. The minimum Gasteiger partial charge on any atom is -0.368 e. The highest BCUT2D eigenvalue weighted by Crippen LogP contribution is 2.22. The van der Waals surface area contributed by atoms with Crippen molar-refractivity contribution >= 4 is 28.7 Å². The van der Waals surface area contributed by atoms with Gasteiger partial charge in [-0.05, 0) is 44.0 Å². The molecule has 0 unspecified atom stereocenters. The van der Waals surface area contributed by atoms with Crippen molar-refractivity contribution in [3.05, 3.63) is 82.0 Å². The molecule has 0 bridgehead atoms. The fourth-order valence-corrected chi connectivity index (χ4v) is 4.52. The molecule has 2 aromatic heterocycles. The standard InChI is InChI=1S/C26H29N7O2/c1-18-7-9-21(10-8-18)30-13-15-31(16-14-30)24-25-29-33(26(35)32(25)12-11-27-24)17-22(34)28-23-19(2)5-4-6-20(23)3/h4-12H,13-17H2,1-3H3,(H,28,34). The van der Waals surface area contributed by atoms with Crippen molar-refractivity contribution in [2.24, 2.45) is 0 Å². The van der Waals surface area contributed by atoms with Gasteiger partial charge in [-0.25, -0.2) is 18.9 Å². The van der Waals surface area contributed by atoms with Crippen molar-refractivity contribution in [3.63, 3.8) is 0 Å². The van der Waals surface area contributed by atoms with Gasteiger partial charge in [-0.15, -0.1) is 5.10 Å². The Morgan fingerprint density at radius 2 is 1.60 bits per heavy atom. The van der Waals surface area contributed by atoms with Gasteiger partial charge in [0.25, 0.3) is 0 Å². The van der Waals surface area contributed by atoms with E-state index in [1.807, 2.05) is 32.0 Å². The molecule has 2 aromatic carbocycles. The van der Waals surface area contributed by atoms with Gasteiger partial charge in [0, 0.05) is 49.9 Å². The Morgan fingerprint density at radius 1 is 0.943 bits per heavy atom. The lowest BCUT2D eigenvalue weighted by atomic mass is 10.1. The summed E-state index contributed by atoms with van der Waals surface area (Å²) in [5.74, 6) is 0.358. The summed E-state index contributed by atoms with van der Waals surface area (Å²) in [6, 6.07) is 14.4. The summed E-state index contributed by atoms with van der Waals surface area (Å²) in [6.07, 6.45) is 3.20. The van der Waals surface area contributed by atoms with Crippen molar-refractivity contribution in [1.29, 1.82) is 0 Å². The number of aryl methyl sites for hydroxylation is 3. The van der Waals surface area contributed by atoms with Crippen LogP contribution in [-0.4, -0.2) is 51.3 Å². The van der Waals surface area contributed by atoms with E-state index in [0.717, 1.165) is 43.0 Å². The Morgan fingerprint density at radius 3 is 2.29 bits per heavy atom. The first-order valence-corrected chi connectivity index (χ1v) is 11.8. The third-order valence-electron chi connectivity index (χ3n) is 6.50. The van der Waals surface area contributed by atoms with Gasteiger partial charge in [0.05, 0.1) is 0 Å². The highest BCUT2D eigenvalue weighted by Gasteiger charge is 2.23. The van der Waals surface area contributed by atoms with E-state index in [-0.39, 0.29) is 18.1 Å². The summed E-state index contributed by atoms with van der Waals surface area (Å²) in [5.41, 5.74) is 5.25. The number of amides is 1. The highest BCUT2D eigenvalue weighted by atomic mass is 16.2. The summed E-state index contributed by atoms with van der Waals surface area (Å²) in [5, 5.41) is 7.41. The van der Waals surface area contributed by atoms with Gasteiger partial charge in [0.15, 0.2) is 5.82 Å². The van der Waals surface area contributed by atoms with Gasteiger partial charge >= 0.3 is 5.69 Å².